The fourth-order valence-electron chi connectivity index (χ4n) is 4.15. The van der Waals surface area contributed by atoms with Crippen molar-refractivity contribution in [2.24, 2.45) is 0 Å². The van der Waals surface area contributed by atoms with Crippen molar-refractivity contribution in [2.45, 2.75) is 24.9 Å². The van der Waals surface area contributed by atoms with Gasteiger partial charge >= 0.3 is 12.1 Å². The molecule has 1 aliphatic rings. The van der Waals surface area contributed by atoms with E-state index in [-0.39, 0.29) is 30.5 Å². The molecule has 0 saturated heterocycles. The Morgan fingerprint density at radius 3 is 2.40 bits per heavy atom. The van der Waals surface area contributed by atoms with Crippen LogP contribution in [-0.4, -0.2) is 52.7 Å². The van der Waals surface area contributed by atoms with Gasteiger partial charge in [-0.25, -0.2) is 14.6 Å². The molecule has 0 saturated carbocycles. The summed E-state index contributed by atoms with van der Waals surface area (Å²) in [6.45, 7) is -0.0284. The number of thioether (sulfide) groups is 1. The van der Waals surface area contributed by atoms with Gasteiger partial charge in [0, 0.05) is 5.92 Å². The number of nitrogens with zero attached hydrogens (tertiary/aromatic N) is 1. The highest BCUT2D eigenvalue weighted by molar-refractivity contribution is 7.98. The highest BCUT2D eigenvalue weighted by Gasteiger charge is 2.30. The molecule has 0 unspecified atom stereocenters. The van der Waals surface area contributed by atoms with Gasteiger partial charge < -0.3 is 24.9 Å². The zero-order valence-corrected chi connectivity index (χ0v) is 19.8. The van der Waals surface area contributed by atoms with Crippen molar-refractivity contribution < 1.29 is 28.6 Å². The van der Waals surface area contributed by atoms with Crippen molar-refractivity contribution in [1.29, 1.82) is 0 Å². The lowest BCUT2D eigenvalue weighted by Crippen LogP contribution is -2.47. The van der Waals surface area contributed by atoms with Crippen molar-refractivity contribution >= 4 is 29.7 Å². The largest absolute Gasteiger partial charge is 0.476 e. The predicted molar refractivity (Wildman–Crippen MR) is 130 cm³/mol. The van der Waals surface area contributed by atoms with Gasteiger partial charge in [0.05, 0.1) is 6.54 Å². The van der Waals surface area contributed by atoms with E-state index in [4.69, 9.17) is 14.3 Å². The van der Waals surface area contributed by atoms with E-state index in [2.05, 4.69) is 27.8 Å². The Kier molecular flexibility index (Phi) is 7.71. The monoisotopic (exact) mass is 495 g/mol. The second kappa shape index (κ2) is 11.1. The smallest absolute Gasteiger partial charge is 0.407 e. The van der Waals surface area contributed by atoms with E-state index in [9.17, 15) is 14.4 Å². The summed E-state index contributed by atoms with van der Waals surface area (Å²) in [5.41, 5.74) is 4.18. The second-order valence-corrected chi connectivity index (χ2v) is 8.94. The summed E-state index contributed by atoms with van der Waals surface area (Å²) in [5, 5.41) is 14.4. The van der Waals surface area contributed by atoms with Gasteiger partial charge in [-0.2, -0.15) is 11.8 Å². The average Bonchev–Trinajstić information content (AvgIpc) is 3.47. The highest BCUT2D eigenvalue weighted by atomic mass is 32.2. The van der Waals surface area contributed by atoms with E-state index >= 15 is 0 Å². The fraction of sp³-hybridized carbons (Fsp3) is 0.280. The van der Waals surface area contributed by atoms with Crippen LogP contribution in [-0.2, 0) is 16.1 Å². The number of aromatic carboxylic acids is 1. The molecular weight excluding hydrogens is 470 g/mol. The maximum absolute atomic E-state index is 12.7. The van der Waals surface area contributed by atoms with Gasteiger partial charge in [-0.05, 0) is 40.7 Å². The first-order valence-electron chi connectivity index (χ1n) is 11.0. The quantitative estimate of drug-likeness (QED) is 0.389. The van der Waals surface area contributed by atoms with Crippen molar-refractivity contribution in [3.05, 3.63) is 77.5 Å². The minimum Gasteiger partial charge on any atom is -0.476 e. The first-order valence-corrected chi connectivity index (χ1v) is 12.4. The zero-order valence-electron chi connectivity index (χ0n) is 19.0. The number of hydrogen-bond donors (Lipinski definition) is 3. The molecule has 1 aliphatic carbocycles. The maximum Gasteiger partial charge on any atom is 0.407 e. The predicted octanol–water partition coefficient (Wildman–Crippen LogP) is 3.65. The molecule has 2 amide bonds. The van der Waals surface area contributed by atoms with Gasteiger partial charge in [-0.1, -0.05) is 48.5 Å². The lowest BCUT2D eigenvalue weighted by Gasteiger charge is -2.19. The third-order valence-corrected chi connectivity index (χ3v) is 6.47. The molecule has 0 aliphatic heterocycles. The number of hydrogen-bond acceptors (Lipinski definition) is 7. The SMILES string of the molecule is CSCC[C@H](NC(=O)OCC1c2ccccc2-c2ccccc21)C(=O)NCc1ocnc1C(=O)O. The number of amides is 2. The Morgan fingerprint density at radius 1 is 1.11 bits per heavy atom. The first-order chi connectivity index (χ1) is 17.0. The topological polar surface area (TPSA) is 131 Å². The Balaban J connectivity index is 1.38. The van der Waals surface area contributed by atoms with Crippen LogP contribution in [0.5, 0.6) is 0 Å². The molecule has 0 radical (unpaired) electrons. The summed E-state index contributed by atoms with van der Waals surface area (Å²) in [5.74, 6) is -1.16. The van der Waals surface area contributed by atoms with E-state index < -0.39 is 24.0 Å². The standard InChI is InChI=1S/C25H25N3O6S/c1-35-11-10-20(23(29)26-12-21-22(24(30)31)27-14-34-21)28-25(32)33-13-19-17-8-4-2-6-15(17)16-7-3-5-9-18(16)19/h2-9,14,19-20H,10-13H2,1H3,(H,26,29)(H,28,32)(H,30,31)/t20-/m0/s1. The molecule has 1 atom stereocenters. The summed E-state index contributed by atoms with van der Waals surface area (Å²) in [6, 6.07) is 15.2. The van der Waals surface area contributed by atoms with Crippen LogP contribution in [0.2, 0.25) is 0 Å². The lowest BCUT2D eigenvalue weighted by atomic mass is 9.98. The number of oxazole rings is 1. The van der Waals surface area contributed by atoms with E-state index in [0.29, 0.717) is 12.2 Å². The number of nitrogens with one attached hydrogen (secondary N) is 2. The van der Waals surface area contributed by atoms with Crippen molar-refractivity contribution in [2.75, 3.05) is 18.6 Å². The Morgan fingerprint density at radius 2 is 1.77 bits per heavy atom. The first kappa shape index (κ1) is 24.3. The Bertz CT molecular complexity index is 1180. The van der Waals surface area contributed by atoms with E-state index in [1.807, 2.05) is 42.7 Å². The van der Waals surface area contributed by atoms with Crippen LogP contribution >= 0.6 is 11.8 Å². The number of carboxylic acids is 1. The number of carbonyl (C=O) groups is 3. The summed E-state index contributed by atoms with van der Waals surface area (Å²) in [6.07, 6.45) is 2.58. The molecule has 9 nitrogen and oxygen atoms in total. The lowest BCUT2D eigenvalue weighted by molar-refractivity contribution is -0.123. The molecule has 182 valence electrons. The van der Waals surface area contributed by atoms with Crippen LogP contribution < -0.4 is 10.6 Å². The summed E-state index contributed by atoms with van der Waals surface area (Å²) in [4.78, 5) is 40.2. The minimum atomic E-state index is -1.25. The van der Waals surface area contributed by atoms with Crippen molar-refractivity contribution in [3.8, 4) is 11.1 Å². The maximum atomic E-state index is 12.7. The average molecular weight is 496 g/mol. The molecule has 3 aromatic rings. The number of aromatic nitrogens is 1. The molecule has 0 bridgehead atoms. The van der Waals surface area contributed by atoms with Crippen LogP contribution in [0.15, 0.2) is 59.3 Å². The minimum absolute atomic E-state index is 0.0237. The van der Waals surface area contributed by atoms with Crippen LogP contribution in [0.3, 0.4) is 0 Å². The summed E-state index contributed by atoms with van der Waals surface area (Å²) in [7, 11) is 0. The van der Waals surface area contributed by atoms with Crippen molar-refractivity contribution in [1.82, 2.24) is 15.6 Å². The molecule has 0 spiro atoms. The summed E-state index contributed by atoms with van der Waals surface area (Å²) < 4.78 is 10.6. The number of ether oxygens (including phenoxy) is 1. The van der Waals surface area contributed by atoms with Crippen LogP contribution in [0.25, 0.3) is 11.1 Å². The molecule has 35 heavy (non-hydrogen) atoms. The number of fused-ring (bicyclic) bond motifs is 3. The van der Waals surface area contributed by atoms with Gasteiger partial charge in [0.1, 0.15) is 12.6 Å². The molecule has 0 fully saturated rings. The van der Waals surface area contributed by atoms with E-state index in [0.717, 1.165) is 28.6 Å². The highest BCUT2D eigenvalue weighted by Crippen LogP contribution is 2.44. The molecular formula is C25H25N3O6S. The van der Waals surface area contributed by atoms with Crippen molar-refractivity contribution in [3.63, 3.8) is 0 Å². The van der Waals surface area contributed by atoms with Gasteiger partial charge in [0.15, 0.2) is 17.8 Å². The molecule has 2 aromatic carbocycles. The van der Waals surface area contributed by atoms with Gasteiger partial charge in [-0.3, -0.25) is 4.79 Å². The number of carbonyl (C=O) groups excluding carboxylic acids is 2. The van der Waals surface area contributed by atoms with E-state index in [1.165, 1.54) is 11.8 Å². The summed E-state index contributed by atoms with van der Waals surface area (Å²) >= 11 is 1.54. The number of carboxylic acid groups (broad SMARTS) is 1. The van der Waals surface area contributed by atoms with Gasteiger partial charge in [-0.15, -0.1) is 0 Å². The molecule has 3 N–H and O–H groups in total. The van der Waals surface area contributed by atoms with Gasteiger partial charge in [0.2, 0.25) is 5.91 Å². The van der Waals surface area contributed by atoms with Crippen LogP contribution in [0.1, 0.15) is 39.7 Å². The Labute approximate surface area is 206 Å². The van der Waals surface area contributed by atoms with Crippen LogP contribution in [0, 0.1) is 0 Å². The van der Waals surface area contributed by atoms with E-state index in [1.54, 1.807) is 0 Å². The number of alkyl carbamates (subject to hydrolysis) is 1. The third-order valence-electron chi connectivity index (χ3n) is 5.83. The molecule has 4 rings (SSSR count). The molecule has 10 heteroatoms. The number of benzene rings is 2. The molecule has 1 heterocycles. The fourth-order valence-corrected chi connectivity index (χ4v) is 4.62. The second-order valence-electron chi connectivity index (χ2n) is 7.95. The third kappa shape index (κ3) is 5.48. The Hall–Kier alpha value is -3.79. The van der Waals surface area contributed by atoms with Gasteiger partial charge in [0.25, 0.3) is 0 Å². The number of rotatable bonds is 10. The molecule has 1 aromatic heterocycles. The zero-order chi connectivity index (χ0) is 24.8. The normalized spacial score (nSPS) is 12.9. The van der Waals surface area contributed by atoms with Crippen LogP contribution in [0.4, 0.5) is 4.79 Å².